The van der Waals surface area contributed by atoms with Gasteiger partial charge in [-0.15, -0.1) is 10.2 Å². The van der Waals surface area contributed by atoms with Crippen molar-refractivity contribution in [2.75, 3.05) is 7.11 Å². The summed E-state index contributed by atoms with van der Waals surface area (Å²) < 4.78 is 5.31. The summed E-state index contributed by atoms with van der Waals surface area (Å²) in [7, 11) is 1.50. The maximum atomic E-state index is 11.0. The van der Waals surface area contributed by atoms with Crippen LogP contribution in [0.4, 0.5) is 11.4 Å². The van der Waals surface area contributed by atoms with Gasteiger partial charge >= 0.3 is 5.97 Å². The van der Waals surface area contributed by atoms with Crippen LogP contribution in [0.3, 0.4) is 0 Å². The molecule has 0 aliphatic carbocycles. The quantitative estimate of drug-likeness (QED) is 0.611. The largest absolute Gasteiger partial charge is 0.506 e. The zero-order valence-electron chi connectivity index (χ0n) is 13.2. The average Bonchev–Trinajstić information content (AvgIpc) is 2.62. The molecule has 0 atom stereocenters. The lowest BCUT2D eigenvalue weighted by atomic mass is 10.1. The predicted molar refractivity (Wildman–Crippen MR) is 91.4 cm³/mol. The fraction of sp³-hybridized carbons (Fsp3) is 0.0556. The van der Waals surface area contributed by atoms with Gasteiger partial charge in [0, 0.05) is 16.8 Å². The molecule has 0 saturated heterocycles. The molecule has 3 aromatic carbocycles. The molecule has 3 aromatic rings. The Bertz CT molecular complexity index is 998. The molecule has 3 N–H and O–H groups in total. The number of carboxylic acids is 1. The first-order chi connectivity index (χ1) is 12.0. The molecule has 0 unspecified atom stereocenters. The van der Waals surface area contributed by atoms with Crippen LogP contribution in [0.15, 0.2) is 58.8 Å². The van der Waals surface area contributed by atoms with Gasteiger partial charge in [0.15, 0.2) is 5.75 Å². The Morgan fingerprint density at radius 2 is 1.64 bits per heavy atom. The second-order valence-corrected chi connectivity index (χ2v) is 5.20. The second kappa shape index (κ2) is 6.48. The molecule has 0 amide bonds. The third-order valence-corrected chi connectivity index (χ3v) is 3.67. The molecule has 0 spiro atoms. The highest BCUT2D eigenvalue weighted by Gasteiger charge is 2.12. The van der Waals surface area contributed by atoms with E-state index in [4.69, 9.17) is 9.84 Å². The van der Waals surface area contributed by atoms with Crippen LogP contribution in [0.5, 0.6) is 17.2 Å². The van der Waals surface area contributed by atoms with E-state index in [1.54, 1.807) is 18.2 Å². The van der Waals surface area contributed by atoms with E-state index >= 15 is 0 Å². The van der Waals surface area contributed by atoms with Crippen molar-refractivity contribution in [1.82, 2.24) is 0 Å². The van der Waals surface area contributed by atoms with Crippen LogP contribution < -0.4 is 4.74 Å². The molecule has 0 saturated carbocycles. The van der Waals surface area contributed by atoms with Crippen LogP contribution in [-0.2, 0) is 0 Å². The van der Waals surface area contributed by atoms with Gasteiger partial charge in [-0.1, -0.05) is 24.3 Å². The van der Waals surface area contributed by atoms with E-state index in [1.165, 1.54) is 31.4 Å². The van der Waals surface area contributed by atoms with Crippen molar-refractivity contribution in [3.63, 3.8) is 0 Å². The van der Waals surface area contributed by atoms with Crippen LogP contribution in [0.1, 0.15) is 10.4 Å². The molecule has 25 heavy (non-hydrogen) atoms. The average molecular weight is 338 g/mol. The highest BCUT2D eigenvalue weighted by molar-refractivity contribution is 5.97. The minimum absolute atomic E-state index is 0.0218. The number of carbonyl (C=O) groups is 1. The normalized spacial score (nSPS) is 11.1. The third-order valence-electron chi connectivity index (χ3n) is 3.67. The number of fused-ring (bicyclic) bond motifs is 1. The molecule has 126 valence electrons. The Hall–Kier alpha value is -3.61. The van der Waals surface area contributed by atoms with Crippen molar-refractivity contribution in [3.05, 3.63) is 54.1 Å². The maximum Gasteiger partial charge on any atom is 0.335 e. The minimum atomic E-state index is -1.15. The number of ether oxygens (including phenoxy) is 1. The molecule has 0 aliphatic heterocycles. The fourth-order valence-corrected chi connectivity index (χ4v) is 2.40. The van der Waals surface area contributed by atoms with Crippen LogP contribution in [-0.4, -0.2) is 28.4 Å². The summed E-state index contributed by atoms with van der Waals surface area (Å²) in [5, 5.41) is 38.3. The van der Waals surface area contributed by atoms with Crippen molar-refractivity contribution in [2.24, 2.45) is 10.2 Å². The van der Waals surface area contributed by atoms with E-state index in [0.29, 0.717) is 11.1 Å². The molecule has 7 nitrogen and oxygen atoms in total. The summed E-state index contributed by atoms with van der Waals surface area (Å²) in [5.74, 6) is -0.951. The Morgan fingerprint density at radius 1 is 0.960 bits per heavy atom. The molecule has 0 radical (unpaired) electrons. The van der Waals surface area contributed by atoms with Crippen LogP contribution in [0.2, 0.25) is 0 Å². The number of aromatic hydroxyl groups is 2. The maximum absolute atomic E-state index is 11.0. The monoisotopic (exact) mass is 338 g/mol. The van der Waals surface area contributed by atoms with E-state index in [-0.39, 0.29) is 28.4 Å². The third kappa shape index (κ3) is 3.07. The Labute approximate surface area is 142 Å². The van der Waals surface area contributed by atoms with Gasteiger partial charge < -0.3 is 20.1 Å². The van der Waals surface area contributed by atoms with Gasteiger partial charge in [-0.25, -0.2) is 4.79 Å². The van der Waals surface area contributed by atoms with Crippen LogP contribution in [0, 0.1) is 0 Å². The lowest BCUT2D eigenvalue weighted by Gasteiger charge is -2.09. The van der Waals surface area contributed by atoms with Gasteiger partial charge in [-0.05, 0) is 18.2 Å². The topological polar surface area (TPSA) is 112 Å². The van der Waals surface area contributed by atoms with E-state index in [1.807, 2.05) is 6.07 Å². The molecule has 0 heterocycles. The standard InChI is InChI=1S/C18H14N2O5/c1-25-16-9-14(17(22)12-5-3-2-4-11(12)16)20-19-13-8-10(18(23)24)6-7-15(13)21/h2-9,21-22H,1H3,(H,23,24). The van der Waals surface area contributed by atoms with Gasteiger partial charge in [0.25, 0.3) is 0 Å². The summed E-state index contributed by atoms with van der Waals surface area (Å²) >= 11 is 0. The van der Waals surface area contributed by atoms with E-state index < -0.39 is 5.97 Å². The highest BCUT2D eigenvalue weighted by atomic mass is 16.5. The summed E-state index contributed by atoms with van der Waals surface area (Å²) in [5.41, 5.74) is 0.0779. The summed E-state index contributed by atoms with van der Waals surface area (Å²) in [6.45, 7) is 0. The smallest absolute Gasteiger partial charge is 0.335 e. The van der Waals surface area contributed by atoms with Crippen LogP contribution >= 0.6 is 0 Å². The summed E-state index contributed by atoms with van der Waals surface area (Å²) in [4.78, 5) is 11.0. The molecule has 0 fully saturated rings. The first-order valence-electron chi connectivity index (χ1n) is 7.28. The summed E-state index contributed by atoms with van der Waals surface area (Å²) in [6, 6.07) is 12.3. The van der Waals surface area contributed by atoms with E-state index in [2.05, 4.69) is 10.2 Å². The van der Waals surface area contributed by atoms with Crippen molar-refractivity contribution in [2.45, 2.75) is 0 Å². The number of hydrogen-bond donors (Lipinski definition) is 3. The molecule has 3 rings (SSSR count). The fourth-order valence-electron chi connectivity index (χ4n) is 2.40. The van der Waals surface area contributed by atoms with Crippen molar-refractivity contribution < 1.29 is 24.9 Å². The Morgan fingerprint density at radius 3 is 2.32 bits per heavy atom. The molecular formula is C18H14N2O5. The number of methoxy groups -OCH3 is 1. The molecule has 7 heteroatoms. The van der Waals surface area contributed by atoms with E-state index in [0.717, 1.165) is 5.39 Å². The number of phenols is 2. The number of phenolic OH excluding ortho intramolecular Hbond substituents is 2. The lowest BCUT2D eigenvalue weighted by Crippen LogP contribution is -1.94. The predicted octanol–water partition coefficient (Wildman–Crippen LogP) is 4.37. The number of nitrogens with zero attached hydrogens (tertiary/aromatic N) is 2. The summed E-state index contributed by atoms with van der Waals surface area (Å²) in [6.07, 6.45) is 0. The van der Waals surface area contributed by atoms with Gasteiger partial charge in [-0.2, -0.15) is 0 Å². The molecule has 0 bridgehead atoms. The molecular weight excluding hydrogens is 324 g/mol. The second-order valence-electron chi connectivity index (χ2n) is 5.20. The molecule has 0 aliphatic rings. The van der Waals surface area contributed by atoms with Crippen molar-refractivity contribution >= 4 is 28.1 Å². The molecule has 0 aromatic heterocycles. The first-order valence-corrected chi connectivity index (χ1v) is 7.28. The SMILES string of the molecule is COc1cc(N=Nc2cc(C(=O)O)ccc2O)c(O)c2ccccc12. The number of benzene rings is 3. The Kier molecular flexibility index (Phi) is 4.21. The van der Waals surface area contributed by atoms with Gasteiger partial charge in [-0.3, -0.25) is 0 Å². The van der Waals surface area contributed by atoms with E-state index in [9.17, 15) is 15.0 Å². The lowest BCUT2D eigenvalue weighted by molar-refractivity contribution is 0.0697. The number of azo groups is 1. The van der Waals surface area contributed by atoms with Crippen LogP contribution in [0.25, 0.3) is 10.8 Å². The van der Waals surface area contributed by atoms with Gasteiger partial charge in [0.05, 0.1) is 12.7 Å². The minimum Gasteiger partial charge on any atom is -0.506 e. The number of rotatable bonds is 4. The zero-order valence-corrected chi connectivity index (χ0v) is 13.2. The van der Waals surface area contributed by atoms with Gasteiger partial charge in [0.2, 0.25) is 0 Å². The number of hydrogen-bond acceptors (Lipinski definition) is 6. The van der Waals surface area contributed by atoms with Crippen molar-refractivity contribution in [1.29, 1.82) is 0 Å². The highest BCUT2D eigenvalue weighted by Crippen LogP contribution is 2.41. The number of aromatic carboxylic acids is 1. The number of carboxylic acid groups (broad SMARTS) is 1. The Balaban J connectivity index is 2.09. The van der Waals surface area contributed by atoms with Crippen molar-refractivity contribution in [3.8, 4) is 17.2 Å². The zero-order chi connectivity index (χ0) is 18.0. The first kappa shape index (κ1) is 16.3. The van der Waals surface area contributed by atoms with Gasteiger partial charge in [0.1, 0.15) is 22.9 Å².